The minimum absolute atomic E-state index is 0.0711. The number of hydrogen-bond acceptors (Lipinski definition) is 4. The quantitative estimate of drug-likeness (QED) is 0.700. The summed E-state index contributed by atoms with van der Waals surface area (Å²) in [5.74, 6) is -4.76. The summed E-state index contributed by atoms with van der Waals surface area (Å²) in [6.45, 7) is -0.479. The Morgan fingerprint density at radius 1 is 1.04 bits per heavy atom. The summed E-state index contributed by atoms with van der Waals surface area (Å²) in [6, 6.07) is 7.87. The molecule has 2 aromatic carbocycles. The molecular formula is C17H14F5NO4S. The lowest BCUT2D eigenvalue weighted by Crippen LogP contribution is -2.30. The van der Waals surface area contributed by atoms with Gasteiger partial charge in [-0.2, -0.15) is 22.0 Å². The predicted molar refractivity (Wildman–Crippen MR) is 88.4 cm³/mol. The number of benzene rings is 2. The molecule has 0 aliphatic heterocycles. The van der Waals surface area contributed by atoms with Crippen LogP contribution in [0, 0.1) is 0 Å². The number of alkyl halides is 5. The van der Waals surface area contributed by atoms with Crippen molar-refractivity contribution in [3.8, 4) is 0 Å². The third-order valence-electron chi connectivity index (χ3n) is 3.75. The van der Waals surface area contributed by atoms with Crippen molar-refractivity contribution >= 4 is 15.7 Å². The zero-order chi connectivity index (χ0) is 21.1. The minimum atomic E-state index is -5.03. The Labute approximate surface area is 156 Å². The highest BCUT2D eigenvalue weighted by atomic mass is 32.2. The maximum absolute atomic E-state index is 12.8. The van der Waals surface area contributed by atoms with Gasteiger partial charge in [0, 0.05) is 6.54 Å². The predicted octanol–water partition coefficient (Wildman–Crippen LogP) is 3.17. The van der Waals surface area contributed by atoms with Crippen molar-refractivity contribution in [1.82, 2.24) is 5.32 Å². The zero-order valence-electron chi connectivity index (χ0n) is 14.0. The van der Waals surface area contributed by atoms with E-state index in [2.05, 4.69) is 5.32 Å². The summed E-state index contributed by atoms with van der Waals surface area (Å²) in [5, 5.41) is 12.2. The van der Waals surface area contributed by atoms with E-state index in [4.69, 9.17) is 0 Å². The summed E-state index contributed by atoms with van der Waals surface area (Å²) in [4.78, 5) is 11.3. The summed E-state index contributed by atoms with van der Waals surface area (Å²) in [7, 11) is -5.03. The molecular weight excluding hydrogens is 409 g/mol. The Balaban J connectivity index is 2.13. The van der Waals surface area contributed by atoms with Crippen molar-refractivity contribution in [3.05, 3.63) is 65.2 Å². The van der Waals surface area contributed by atoms with E-state index in [-0.39, 0.29) is 5.56 Å². The van der Waals surface area contributed by atoms with Gasteiger partial charge in [0.15, 0.2) is 0 Å². The maximum Gasteiger partial charge on any atom is 0.416 e. The number of carbonyl (C=O) groups is 1. The molecule has 2 rings (SSSR count). The Morgan fingerprint density at radius 2 is 1.61 bits per heavy atom. The van der Waals surface area contributed by atoms with Gasteiger partial charge in [-0.25, -0.2) is 8.42 Å². The molecule has 28 heavy (non-hydrogen) atoms. The van der Waals surface area contributed by atoms with Crippen molar-refractivity contribution in [2.45, 2.75) is 22.9 Å². The molecule has 0 fully saturated rings. The second-order valence-corrected chi connectivity index (χ2v) is 7.53. The van der Waals surface area contributed by atoms with E-state index in [0.717, 1.165) is 36.4 Å². The molecule has 2 aromatic rings. The van der Waals surface area contributed by atoms with Crippen LogP contribution >= 0.6 is 0 Å². The van der Waals surface area contributed by atoms with E-state index in [9.17, 15) is 40.3 Å². The first-order chi connectivity index (χ1) is 12.9. The molecule has 0 aliphatic rings. The molecule has 2 N–H and O–H groups in total. The van der Waals surface area contributed by atoms with E-state index in [1.54, 1.807) is 0 Å². The monoisotopic (exact) mass is 423 g/mol. The first-order valence-corrected chi connectivity index (χ1v) is 9.23. The van der Waals surface area contributed by atoms with Crippen LogP contribution in [-0.2, 0) is 16.0 Å². The fraction of sp³-hybridized carbons (Fsp3) is 0.235. The molecule has 0 spiro atoms. The summed E-state index contributed by atoms with van der Waals surface area (Å²) >= 11 is 0. The van der Waals surface area contributed by atoms with Crippen LogP contribution in [0.3, 0.4) is 0 Å². The number of aliphatic hydroxyl groups is 1. The molecule has 0 aliphatic carbocycles. The van der Waals surface area contributed by atoms with Crippen molar-refractivity contribution in [1.29, 1.82) is 0 Å². The number of amides is 1. The highest BCUT2D eigenvalue weighted by Gasteiger charge is 2.31. The van der Waals surface area contributed by atoms with Gasteiger partial charge >= 0.3 is 11.9 Å². The van der Waals surface area contributed by atoms with Crippen LogP contribution in [-0.4, -0.2) is 31.7 Å². The Hall–Kier alpha value is -2.53. The van der Waals surface area contributed by atoms with Crippen LogP contribution in [0.1, 0.15) is 27.6 Å². The number of nitrogens with one attached hydrogen (secondary N) is 1. The SMILES string of the molecule is O=C(NCC(O)c1ccc(C(F)(F)F)cc1)c1ccccc1S(=O)(=O)C(F)F. The average molecular weight is 423 g/mol. The Morgan fingerprint density at radius 3 is 2.14 bits per heavy atom. The van der Waals surface area contributed by atoms with Gasteiger partial charge < -0.3 is 10.4 Å². The molecule has 11 heteroatoms. The van der Waals surface area contributed by atoms with Crippen molar-refractivity contribution in [2.75, 3.05) is 6.54 Å². The number of rotatable bonds is 6. The molecule has 0 saturated heterocycles. The standard InChI is InChI=1S/C17H14F5NO4S/c18-16(19)28(26,27)14-4-2-1-3-12(14)15(25)23-9-13(24)10-5-7-11(8-6-10)17(20,21)22/h1-8,13,16,24H,9H2,(H,23,25). The first-order valence-electron chi connectivity index (χ1n) is 7.69. The zero-order valence-corrected chi connectivity index (χ0v) is 14.8. The lowest BCUT2D eigenvalue weighted by atomic mass is 10.1. The maximum atomic E-state index is 12.8. The van der Waals surface area contributed by atoms with Crippen LogP contribution in [0.5, 0.6) is 0 Å². The summed E-state index contributed by atoms with van der Waals surface area (Å²) in [6.07, 6.45) is -5.94. The molecule has 1 atom stereocenters. The largest absolute Gasteiger partial charge is 0.416 e. The van der Waals surface area contributed by atoms with Gasteiger partial charge in [0.1, 0.15) is 0 Å². The third-order valence-corrected chi connectivity index (χ3v) is 5.19. The highest BCUT2D eigenvalue weighted by molar-refractivity contribution is 7.91. The lowest BCUT2D eigenvalue weighted by Gasteiger charge is -2.15. The molecule has 0 bridgehead atoms. The second-order valence-electron chi connectivity index (χ2n) is 5.65. The van der Waals surface area contributed by atoms with Gasteiger partial charge in [0.05, 0.1) is 22.1 Å². The van der Waals surface area contributed by atoms with E-state index in [1.807, 2.05) is 0 Å². The van der Waals surface area contributed by atoms with Crippen molar-refractivity contribution in [3.63, 3.8) is 0 Å². The minimum Gasteiger partial charge on any atom is -0.387 e. The van der Waals surface area contributed by atoms with Gasteiger partial charge in [-0.05, 0) is 29.8 Å². The van der Waals surface area contributed by atoms with Crippen LogP contribution < -0.4 is 5.32 Å². The normalized spacial score (nSPS) is 13.4. The smallest absolute Gasteiger partial charge is 0.387 e. The molecule has 152 valence electrons. The van der Waals surface area contributed by atoms with Crippen molar-refractivity contribution < 1.29 is 40.3 Å². The van der Waals surface area contributed by atoms with Crippen molar-refractivity contribution in [2.24, 2.45) is 0 Å². The number of hydrogen-bond donors (Lipinski definition) is 2. The Bertz CT molecular complexity index is 943. The number of carbonyl (C=O) groups excluding carboxylic acids is 1. The van der Waals surface area contributed by atoms with Gasteiger partial charge in [-0.1, -0.05) is 24.3 Å². The third kappa shape index (κ3) is 4.84. The topological polar surface area (TPSA) is 83.5 Å². The molecule has 0 saturated carbocycles. The van der Waals surface area contributed by atoms with E-state index in [0.29, 0.717) is 0 Å². The fourth-order valence-corrected chi connectivity index (χ4v) is 3.22. The van der Waals surface area contributed by atoms with Crippen LogP contribution in [0.4, 0.5) is 22.0 Å². The van der Waals surface area contributed by atoms with E-state index in [1.165, 1.54) is 12.1 Å². The molecule has 0 aromatic heterocycles. The summed E-state index contributed by atoms with van der Waals surface area (Å²) in [5.41, 5.74) is -1.39. The molecule has 1 unspecified atom stereocenters. The van der Waals surface area contributed by atoms with Crippen LogP contribution in [0.15, 0.2) is 53.4 Å². The average Bonchev–Trinajstić information content (AvgIpc) is 2.65. The van der Waals surface area contributed by atoms with Gasteiger partial charge in [0.25, 0.3) is 5.91 Å². The van der Waals surface area contributed by atoms with Crippen LogP contribution in [0.25, 0.3) is 0 Å². The lowest BCUT2D eigenvalue weighted by molar-refractivity contribution is -0.137. The molecule has 0 heterocycles. The number of halogens is 5. The Kier molecular flexibility index (Phi) is 6.40. The molecule has 0 radical (unpaired) electrons. The second kappa shape index (κ2) is 8.23. The first kappa shape index (κ1) is 21.8. The molecule has 1 amide bonds. The highest BCUT2D eigenvalue weighted by Crippen LogP contribution is 2.30. The van der Waals surface area contributed by atoms with E-state index >= 15 is 0 Å². The summed E-state index contributed by atoms with van der Waals surface area (Å²) < 4.78 is 86.4. The van der Waals surface area contributed by atoms with E-state index < -0.39 is 56.3 Å². The van der Waals surface area contributed by atoms with Crippen LogP contribution in [0.2, 0.25) is 0 Å². The van der Waals surface area contributed by atoms with Gasteiger partial charge in [0.2, 0.25) is 9.84 Å². The van der Waals surface area contributed by atoms with Gasteiger partial charge in [-0.3, -0.25) is 4.79 Å². The molecule has 5 nitrogen and oxygen atoms in total. The van der Waals surface area contributed by atoms with Gasteiger partial charge in [-0.15, -0.1) is 0 Å². The fourth-order valence-electron chi connectivity index (χ4n) is 2.30. The number of sulfone groups is 1. The number of aliphatic hydroxyl groups excluding tert-OH is 1.